The number of thiol groups is 1. The second-order valence-corrected chi connectivity index (χ2v) is 5.44. The largest absolute Gasteiger partial charge is 0.335 e. The van der Waals surface area contributed by atoms with Crippen LogP contribution in [0.5, 0.6) is 0 Å². The van der Waals surface area contributed by atoms with Gasteiger partial charge in [0.1, 0.15) is 5.82 Å². The van der Waals surface area contributed by atoms with E-state index in [1.54, 1.807) is 6.07 Å². The lowest BCUT2D eigenvalue weighted by molar-refractivity contribution is 0.0703. The van der Waals surface area contributed by atoms with Gasteiger partial charge in [0.25, 0.3) is 5.91 Å². The van der Waals surface area contributed by atoms with E-state index in [4.69, 9.17) is 0 Å². The normalized spacial score (nSPS) is 26.6. The van der Waals surface area contributed by atoms with Crippen molar-refractivity contribution in [2.24, 2.45) is 5.92 Å². The summed E-state index contributed by atoms with van der Waals surface area (Å²) in [5.41, 5.74) is 0.545. The van der Waals surface area contributed by atoms with Gasteiger partial charge in [-0.2, -0.15) is 0 Å². The summed E-state index contributed by atoms with van der Waals surface area (Å²) in [5.74, 6) is 0.320. The van der Waals surface area contributed by atoms with Gasteiger partial charge in [-0.15, -0.1) is 12.6 Å². The molecule has 2 aliphatic rings. The van der Waals surface area contributed by atoms with Crippen LogP contribution in [0.1, 0.15) is 29.6 Å². The van der Waals surface area contributed by atoms with Crippen LogP contribution in [0.15, 0.2) is 23.1 Å². The second-order valence-electron chi connectivity index (χ2n) is 4.96. The minimum absolute atomic E-state index is 0.0208. The van der Waals surface area contributed by atoms with Gasteiger partial charge in [0, 0.05) is 23.0 Å². The molecule has 2 bridgehead atoms. The number of amides is 1. The Bertz CT molecular complexity index is 476. The summed E-state index contributed by atoms with van der Waals surface area (Å²) in [6, 6.07) is 4.78. The fourth-order valence-electron chi connectivity index (χ4n) is 2.98. The molecule has 0 radical (unpaired) electrons. The molecule has 1 aromatic rings. The quantitative estimate of drug-likeness (QED) is 0.761. The molecule has 1 aromatic carbocycles. The molecule has 1 amide bonds. The third-order valence-corrected chi connectivity index (χ3v) is 4.21. The number of carbonyl (C=O) groups is 1. The molecule has 2 unspecified atom stereocenters. The van der Waals surface area contributed by atoms with Crippen molar-refractivity contribution in [1.82, 2.24) is 4.90 Å². The van der Waals surface area contributed by atoms with E-state index in [1.807, 2.05) is 4.90 Å². The predicted molar refractivity (Wildman–Crippen MR) is 65.8 cm³/mol. The van der Waals surface area contributed by atoms with E-state index in [2.05, 4.69) is 12.6 Å². The summed E-state index contributed by atoms with van der Waals surface area (Å²) >= 11 is 4.01. The van der Waals surface area contributed by atoms with E-state index >= 15 is 0 Å². The lowest BCUT2D eigenvalue weighted by Gasteiger charge is -2.27. The first-order valence-corrected chi connectivity index (χ1v) is 6.39. The van der Waals surface area contributed by atoms with Gasteiger partial charge in [-0.3, -0.25) is 4.79 Å². The highest BCUT2D eigenvalue weighted by Crippen LogP contribution is 2.38. The van der Waals surface area contributed by atoms with Crippen LogP contribution in [-0.2, 0) is 0 Å². The molecule has 2 atom stereocenters. The topological polar surface area (TPSA) is 20.3 Å². The first-order chi connectivity index (χ1) is 8.15. The maximum Gasteiger partial charge on any atom is 0.254 e. The van der Waals surface area contributed by atoms with Crippen molar-refractivity contribution in [2.45, 2.75) is 30.2 Å². The van der Waals surface area contributed by atoms with E-state index in [1.165, 1.54) is 18.6 Å². The van der Waals surface area contributed by atoms with Crippen molar-refractivity contribution in [1.29, 1.82) is 0 Å². The summed E-state index contributed by atoms with van der Waals surface area (Å²) in [5, 5.41) is 0. The molecule has 1 aliphatic heterocycles. The number of fused-ring (bicyclic) bond motifs is 2. The van der Waals surface area contributed by atoms with Crippen molar-refractivity contribution in [3.8, 4) is 0 Å². The van der Waals surface area contributed by atoms with Gasteiger partial charge in [-0.05, 0) is 43.4 Å². The molecule has 2 nitrogen and oxygen atoms in total. The Labute approximate surface area is 105 Å². The van der Waals surface area contributed by atoms with Crippen LogP contribution in [0.25, 0.3) is 0 Å². The van der Waals surface area contributed by atoms with Gasteiger partial charge >= 0.3 is 0 Å². The summed E-state index contributed by atoms with van der Waals surface area (Å²) in [4.78, 5) is 14.4. The summed E-state index contributed by atoms with van der Waals surface area (Å²) in [6.45, 7) is 0.864. The number of benzene rings is 1. The van der Waals surface area contributed by atoms with E-state index < -0.39 is 0 Å². The molecule has 3 rings (SSSR count). The zero-order valence-corrected chi connectivity index (χ0v) is 10.3. The number of carbonyl (C=O) groups excluding carboxylic acids is 1. The number of halogens is 1. The zero-order chi connectivity index (χ0) is 12.0. The van der Waals surface area contributed by atoms with Gasteiger partial charge < -0.3 is 4.90 Å². The lowest BCUT2D eigenvalue weighted by atomic mass is 10.1. The molecule has 0 N–H and O–H groups in total. The molecule has 17 heavy (non-hydrogen) atoms. The molecule has 1 heterocycles. The van der Waals surface area contributed by atoms with Crippen molar-refractivity contribution >= 4 is 18.5 Å². The number of rotatable bonds is 1. The molecule has 90 valence electrons. The third-order valence-electron chi connectivity index (χ3n) is 3.86. The number of piperidine rings is 1. The van der Waals surface area contributed by atoms with Crippen LogP contribution in [0.2, 0.25) is 0 Å². The molecule has 1 saturated heterocycles. The van der Waals surface area contributed by atoms with Gasteiger partial charge in [-0.1, -0.05) is 0 Å². The summed E-state index contributed by atoms with van der Waals surface area (Å²) in [6.07, 6.45) is 3.50. The highest BCUT2D eigenvalue weighted by Gasteiger charge is 2.40. The van der Waals surface area contributed by atoms with Crippen molar-refractivity contribution in [3.05, 3.63) is 29.6 Å². The highest BCUT2D eigenvalue weighted by atomic mass is 32.1. The Balaban J connectivity index is 1.84. The number of hydrogen-bond donors (Lipinski definition) is 1. The Morgan fingerprint density at radius 1 is 1.41 bits per heavy atom. The monoisotopic (exact) mass is 251 g/mol. The zero-order valence-electron chi connectivity index (χ0n) is 9.40. The Hall–Kier alpha value is -1.03. The van der Waals surface area contributed by atoms with Crippen molar-refractivity contribution < 1.29 is 9.18 Å². The standard InChI is InChI=1S/C13H14FNOS/c14-11-4-2-9(6-12(11)17)13(16)15-7-8-1-3-10(15)5-8/h2,4,6,8,10,17H,1,3,5,7H2. The molecular weight excluding hydrogens is 237 g/mol. The average molecular weight is 251 g/mol. The molecule has 0 aromatic heterocycles. The SMILES string of the molecule is O=C(c1ccc(F)c(S)c1)N1CC2CCC1C2. The van der Waals surface area contributed by atoms with Crippen LogP contribution in [0.4, 0.5) is 4.39 Å². The first-order valence-electron chi connectivity index (χ1n) is 5.94. The maximum atomic E-state index is 13.1. The first kappa shape index (κ1) is 11.1. The van der Waals surface area contributed by atoms with E-state index in [0.29, 0.717) is 17.5 Å². The highest BCUT2D eigenvalue weighted by molar-refractivity contribution is 7.80. The summed E-state index contributed by atoms with van der Waals surface area (Å²) < 4.78 is 13.1. The fraction of sp³-hybridized carbons (Fsp3) is 0.462. The second kappa shape index (κ2) is 4.02. The molecule has 2 fully saturated rings. The van der Waals surface area contributed by atoms with E-state index in [9.17, 15) is 9.18 Å². The minimum atomic E-state index is -0.382. The predicted octanol–water partition coefficient (Wildman–Crippen LogP) is 2.74. The van der Waals surface area contributed by atoms with Gasteiger partial charge in [0.05, 0.1) is 0 Å². The molecule has 4 heteroatoms. The molecule has 1 saturated carbocycles. The maximum absolute atomic E-state index is 13.1. The third kappa shape index (κ3) is 1.84. The van der Waals surface area contributed by atoms with E-state index in [-0.39, 0.29) is 16.6 Å². The Morgan fingerprint density at radius 2 is 2.24 bits per heavy atom. The van der Waals surface area contributed by atoms with Crippen LogP contribution in [0, 0.1) is 11.7 Å². The number of hydrogen-bond acceptors (Lipinski definition) is 2. The number of nitrogens with zero attached hydrogens (tertiary/aromatic N) is 1. The van der Waals surface area contributed by atoms with Gasteiger partial charge in [0.15, 0.2) is 0 Å². The van der Waals surface area contributed by atoms with Gasteiger partial charge in [0.2, 0.25) is 0 Å². The van der Waals surface area contributed by atoms with Crippen LogP contribution < -0.4 is 0 Å². The van der Waals surface area contributed by atoms with Crippen LogP contribution >= 0.6 is 12.6 Å². The Morgan fingerprint density at radius 3 is 2.82 bits per heavy atom. The Kier molecular flexibility index (Phi) is 2.62. The molecule has 0 spiro atoms. The number of likely N-dealkylation sites (tertiary alicyclic amines) is 1. The summed E-state index contributed by atoms with van der Waals surface area (Å²) in [7, 11) is 0. The van der Waals surface area contributed by atoms with Crippen LogP contribution in [0.3, 0.4) is 0 Å². The van der Waals surface area contributed by atoms with Crippen molar-refractivity contribution in [2.75, 3.05) is 6.54 Å². The van der Waals surface area contributed by atoms with Crippen LogP contribution in [-0.4, -0.2) is 23.4 Å². The lowest BCUT2D eigenvalue weighted by Crippen LogP contribution is -2.37. The van der Waals surface area contributed by atoms with Gasteiger partial charge in [-0.25, -0.2) is 4.39 Å². The molecular formula is C13H14FNOS. The molecule has 1 aliphatic carbocycles. The average Bonchev–Trinajstić information content (AvgIpc) is 2.93. The minimum Gasteiger partial charge on any atom is -0.335 e. The van der Waals surface area contributed by atoms with Crippen molar-refractivity contribution in [3.63, 3.8) is 0 Å². The smallest absolute Gasteiger partial charge is 0.254 e. The van der Waals surface area contributed by atoms with E-state index in [0.717, 1.165) is 19.4 Å². The fourth-order valence-corrected chi connectivity index (χ4v) is 3.20.